The van der Waals surface area contributed by atoms with Gasteiger partial charge in [0.1, 0.15) is 4.90 Å². The second kappa shape index (κ2) is 7.00. The Morgan fingerprint density at radius 2 is 1.48 bits per heavy atom. The highest BCUT2D eigenvalue weighted by atomic mass is 32.2. The lowest BCUT2D eigenvalue weighted by Gasteiger charge is -2.31. The van der Waals surface area contributed by atoms with Crippen LogP contribution in [0, 0.1) is 0 Å². The maximum absolute atomic E-state index is 12.4. The maximum Gasteiger partial charge on any atom is 0.459 e. The third-order valence-corrected chi connectivity index (χ3v) is 5.23. The number of hydrogen-bond donors (Lipinski definition) is 0. The van der Waals surface area contributed by atoms with Crippen molar-refractivity contribution in [2.45, 2.75) is 43.0 Å². The number of rotatable bonds is 3. The molecule has 25 heavy (non-hydrogen) atoms. The van der Waals surface area contributed by atoms with Crippen LogP contribution in [0.2, 0.25) is 0 Å². The van der Waals surface area contributed by atoms with Gasteiger partial charge in [-0.25, -0.2) is 13.2 Å². The Morgan fingerprint density at radius 1 is 1.00 bits per heavy atom. The van der Waals surface area contributed by atoms with Gasteiger partial charge in [-0.15, -0.1) is 5.06 Å². The van der Waals surface area contributed by atoms with E-state index in [-0.39, 0.29) is 0 Å². The summed E-state index contributed by atoms with van der Waals surface area (Å²) in [5.74, 6) is -0.860. The molecule has 11 heteroatoms. The summed E-state index contributed by atoms with van der Waals surface area (Å²) in [7, 11) is -8.67. The van der Waals surface area contributed by atoms with Gasteiger partial charge in [0, 0.05) is 13.2 Å². The summed E-state index contributed by atoms with van der Waals surface area (Å²) in [6, 6.07) is 4.68. The SMILES string of the molecule is CC(=O)ON(C(=O)OS(=O)(=O)c1ccccc1S(C)(=O)=O)C(C)(C)C. The third-order valence-electron chi connectivity index (χ3n) is 2.69. The molecule has 140 valence electrons. The van der Waals surface area contributed by atoms with E-state index in [1.807, 2.05) is 0 Å². The van der Waals surface area contributed by atoms with E-state index in [1.165, 1.54) is 32.9 Å². The molecule has 0 spiro atoms. The number of amides is 1. The summed E-state index contributed by atoms with van der Waals surface area (Å²) in [6.45, 7) is 5.47. The van der Waals surface area contributed by atoms with Gasteiger partial charge in [-0.1, -0.05) is 12.1 Å². The van der Waals surface area contributed by atoms with Gasteiger partial charge in [0.15, 0.2) is 9.84 Å². The highest BCUT2D eigenvalue weighted by molar-refractivity contribution is 7.92. The molecule has 0 aliphatic heterocycles. The van der Waals surface area contributed by atoms with E-state index in [2.05, 4.69) is 4.18 Å². The average Bonchev–Trinajstić information content (AvgIpc) is 2.42. The zero-order valence-corrected chi connectivity index (χ0v) is 16.0. The van der Waals surface area contributed by atoms with Crippen LogP contribution in [0.3, 0.4) is 0 Å². The Balaban J connectivity index is 3.30. The van der Waals surface area contributed by atoms with Gasteiger partial charge >= 0.3 is 22.2 Å². The van der Waals surface area contributed by atoms with Crippen molar-refractivity contribution in [3.05, 3.63) is 24.3 Å². The molecule has 9 nitrogen and oxygen atoms in total. The summed E-state index contributed by atoms with van der Waals surface area (Å²) in [5.41, 5.74) is -1.10. The lowest BCUT2D eigenvalue weighted by Crippen LogP contribution is -2.47. The van der Waals surface area contributed by atoms with Gasteiger partial charge in [0.2, 0.25) is 0 Å². The summed E-state index contributed by atoms with van der Waals surface area (Å²) in [5, 5.41) is 0.454. The minimum atomic E-state index is -4.78. The number of nitrogens with zero attached hydrogens (tertiary/aromatic N) is 1. The first kappa shape index (κ1) is 20.9. The van der Waals surface area contributed by atoms with Crippen molar-refractivity contribution in [1.29, 1.82) is 0 Å². The summed E-state index contributed by atoms with van der Waals surface area (Å²) < 4.78 is 52.7. The predicted octanol–water partition coefficient (Wildman–Crippen LogP) is 1.49. The molecule has 1 aromatic rings. The Morgan fingerprint density at radius 3 is 1.88 bits per heavy atom. The molecule has 0 N–H and O–H groups in total. The second-order valence-corrected chi connectivity index (χ2v) is 9.57. The molecule has 0 saturated carbocycles. The topological polar surface area (TPSA) is 124 Å². The number of carbonyl (C=O) groups is 2. The maximum atomic E-state index is 12.4. The highest BCUT2D eigenvalue weighted by Crippen LogP contribution is 2.24. The number of sulfone groups is 1. The molecule has 0 heterocycles. The van der Waals surface area contributed by atoms with Crippen LogP contribution in [0.15, 0.2) is 34.1 Å². The van der Waals surface area contributed by atoms with Crippen molar-refractivity contribution < 1.29 is 35.4 Å². The van der Waals surface area contributed by atoms with Crippen molar-refractivity contribution in [1.82, 2.24) is 5.06 Å². The molecule has 0 unspecified atom stereocenters. The molecule has 0 aliphatic carbocycles. The van der Waals surface area contributed by atoms with Gasteiger partial charge in [0.25, 0.3) is 0 Å². The largest absolute Gasteiger partial charge is 0.459 e. The number of hydroxylamine groups is 2. The fraction of sp³-hybridized carbons (Fsp3) is 0.429. The van der Waals surface area contributed by atoms with E-state index >= 15 is 0 Å². The molecular weight excluding hydrogens is 374 g/mol. The Bertz CT molecular complexity index is 882. The first-order chi connectivity index (χ1) is 11.2. The van der Waals surface area contributed by atoms with Crippen molar-refractivity contribution in [2.24, 2.45) is 0 Å². The van der Waals surface area contributed by atoms with Crippen molar-refractivity contribution in [3.63, 3.8) is 0 Å². The van der Waals surface area contributed by atoms with Crippen molar-refractivity contribution in [2.75, 3.05) is 6.26 Å². The van der Waals surface area contributed by atoms with Crippen LogP contribution in [0.1, 0.15) is 27.7 Å². The van der Waals surface area contributed by atoms with E-state index < -0.39 is 47.3 Å². The Hall–Kier alpha value is -2.14. The molecule has 0 bridgehead atoms. The fourth-order valence-electron chi connectivity index (χ4n) is 1.71. The standard InChI is InChI=1S/C14H19NO8S2/c1-10(16)22-15(14(2,3)4)13(17)23-25(20,21)12-9-7-6-8-11(12)24(5,18)19/h6-9H,1-5H3. The molecule has 0 atom stereocenters. The molecule has 0 radical (unpaired) electrons. The van der Waals surface area contributed by atoms with Crippen molar-refractivity contribution in [3.8, 4) is 0 Å². The number of carbonyl (C=O) groups excluding carboxylic acids is 2. The summed E-state index contributed by atoms with van der Waals surface area (Å²) in [4.78, 5) is 26.8. The summed E-state index contributed by atoms with van der Waals surface area (Å²) >= 11 is 0. The quantitative estimate of drug-likeness (QED) is 0.559. The van der Waals surface area contributed by atoms with Crippen LogP contribution in [0.25, 0.3) is 0 Å². The van der Waals surface area contributed by atoms with Crippen LogP contribution < -0.4 is 0 Å². The van der Waals surface area contributed by atoms with Gasteiger partial charge in [-0.3, -0.25) is 4.79 Å². The molecule has 1 rings (SSSR count). The second-order valence-electron chi connectivity index (χ2n) is 6.07. The molecule has 1 amide bonds. The van der Waals surface area contributed by atoms with Gasteiger partial charge in [-0.2, -0.15) is 8.42 Å². The lowest BCUT2D eigenvalue weighted by atomic mass is 10.1. The zero-order chi connectivity index (χ0) is 19.6. The third kappa shape index (κ3) is 5.43. The number of hydrogen-bond acceptors (Lipinski definition) is 8. The summed E-state index contributed by atoms with van der Waals surface area (Å²) in [6.07, 6.45) is -0.658. The normalized spacial score (nSPS) is 12.4. The molecule has 0 aliphatic rings. The van der Waals surface area contributed by atoms with Gasteiger partial charge in [0.05, 0.1) is 10.4 Å². The minimum absolute atomic E-state index is 0.454. The highest BCUT2D eigenvalue weighted by Gasteiger charge is 2.36. The Labute approximate surface area is 146 Å². The van der Waals surface area contributed by atoms with Crippen LogP contribution in [-0.4, -0.2) is 45.8 Å². The smallest absolute Gasteiger partial charge is 0.335 e. The molecule has 1 aromatic carbocycles. The van der Waals surface area contributed by atoms with E-state index in [1.54, 1.807) is 0 Å². The van der Waals surface area contributed by atoms with E-state index in [0.29, 0.717) is 5.06 Å². The molecule has 0 fully saturated rings. The molecule has 0 aromatic heterocycles. The van der Waals surface area contributed by atoms with Gasteiger partial charge < -0.3 is 9.02 Å². The number of benzene rings is 1. The van der Waals surface area contributed by atoms with E-state index in [0.717, 1.165) is 25.3 Å². The first-order valence-electron chi connectivity index (χ1n) is 6.92. The van der Waals surface area contributed by atoms with Crippen LogP contribution >= 0.6 is 0 Å². The monoisotopic (exact) mass is 393 g/mol. The Kier molecular flexibility index (Phi) is 5.85. The van der Waals surface area contributed by atoms with Crippen molar-refractivity contribution >= 4 is 32.0 Å². The minimum Gasteiger partial charge on any atom is -0.335 e. The van der Waals surface area contributed by atoms with Crippen LogP contribution in [0.5, 0.6) is 0 Å². The van der Waals surface area contributed by atoms with Crippen LogP contribution in [0.4, 0.5) is 4.79 Å². The fourth-order valence-corrected chi connectivity index (χ4v) is 4.14. The average molecular weight is 393 g/mol. The van der Waals surface area contributed by atoms with Gasteiger partial charge in [-0.05, 0) is 32.9 Å². The van der Waals surface area contributed by atoms with E-state index in [9.17, 15) is 26.4 Å². The predicted molar refractivity (Wildman–Crippen MR) is 86.6 cm³/mol. The molecule has 0 saturated heterocycles. The lowest BCUT2D eigenvalue weighted by molar-refractivity contribution is -0.194. The van der Waals surface area contributed by atoms with Crippen LogP contribution in [-0.2, 0) is 33.8 Å². The molecular formula is C14H19NO8S2. The first-order valence-corrected chi connectivity index (χ1v) is 10.2. The van der Waals surface area contributed by atoms with E-state index in [4.69, 9.17) is 4.84 Å². The zero-order valence-electron chi connectivity index (χ0n) is 14.3.